The highest BCUT2D eigenvalue weighted by molar-refractivity contribution is 6.35. The summed E-state index contributed by atoms with van der Waals surface area (Å²) in [6.07, 6.45) is 0. The maximum absolute atomic E-state index is 10.9. The molecule has 0 atom stereocenters. The van der Waals surface area contributed by atoms with Crippen LogP contribution >= 0.6 is 23.2 Å². The number of hydrogen-bond acceptors (Lipinski definition) is 2. The molecule has 20 heavy (non-hydrogen) atoms. The SMILES string of the molecule is O=C(O)c1ccc(-c2ccc(C(=O)O)c(Cl)c2)c(Cl)c1. The minimum absolute atomic E-state index is 0.00584. The van der Waals surface area contributed by atoms with E-state index in [2.05, 4.69) is 0 Å². The Kier molecular flexibility index (Phi) is 3.97. The van der Waals surface area contributed by atoms with Gasteiger partial charge in [0.05, 0.1) is 16.1 Å². The quantitative estimate of drug-likeness (QED) is 0.896. The molecule has 0 spiro atoms. The molecular formula is C14H8Cl2O4. The first-order valence-corrected chi connectivity index (χ1v) is 6.22. The largest absolute Gasteiger partial charge is 0.478 e. The van der Waals surface area contributed by atoms with Gasteiger partial charge in [0.25, 0.3) is 0 Å². The molecule has 0 bridgehead atoms. The molecule has 0 saturated carbocycles. The first-order valence-electron chi connectivity index (χ1n) is 5.46. The molecule has 0 aliphatic carbocycles. The van der Waals surface area contributed by atoms with Gasteiger partial charge in [0.15, 0.2) is 0 Å². The van der Waals surface area contributed by atoms with Gasteiger partial charge in [-0.25, -0.2) is 9.59 Å². The number of halogens is 2. The van der Waals surface area contributed by atoms with Crippen LogP contribution in [0.25, 0.3) is 11.1 Å². The molecule has 0 unspecified atom stereocenters. The van der Waals surface area contributed by atoms with Gasteiger partial charge in [-0.05, 0) is 29.8 Å². The molecule has 0 aromatic heterocycles. The molecule has 2 aromatic rings. The van der Waals surface area contributed by atoms with E-state index < -0.39 is 11.9 Å². The van der Waals surface area contributed by atoms with Gasteiger partial charge < -0.3 is 10.2 Å². The zero-order chi connectivity index (χ0) is 14.9. The molecule has 2 aromatic carbocycles. The molecular weight excluding hydrogens is 303 g/mol. The molecule has 2 N–H and O–H groups in total. The lowest BCUT2D eigenvalue weighted by atomic mass is 10.0. The van der Waals surface area contributed by atoms with Crippen molar-refractivity contribution in [3.8, 4) is 11.1 Å². The fourth-order valence-corrected chi connectivity index (χ4v) is 2.29. The summed E-state index contributed by atoms with van der Waals surface area (Å²) < 4.78 is 0. The monoisotopic (exact) mass is 310 g/mol. The van der Waals surface area contributed by atoms with Crippen molar-refractivity contribution in [3.05, 3.63) is 57.6 Å². The fraction of sp³-hybridized carbons (Fsp3) is 0. The van der Waals surface area contributed by atoms with Gasteiger partial charge in [-0.3, -0.25) is 0 Å². The van der Waals surface area contributed by atoms with Crippen LogP contribution in [-0.4, -0.2) is 22.2 Å². The molecule has 0 aliphatic rings. The summed E-state index contributed by atoms with van der Waals surface area (Å²) in [5.74, 6) is -2.19. The van der Waals surface area contributed by atoms with E-state index in [1.54, 1.807) is 12.1 Å². The minimum Gasteiger partial charge on any atom is -0.478 e. The lowest BCUT2D eigenvalue weighted by Crippen LogP contribution is -1.98. The molecule has 102 valence electrons. The second kappa shape index (κ2) is 5.53. The third kappa shape index (κ3) is 2.76. The summed E-state index contributed by atoms with van der Waals surface area (Å²) in [6, 6.07) is 8.73. The summed E-state index contributed by atoms with van der Waals surface area (Å²) in [5, 5.41) is 18.1. The summed E-state index contributed by atoms with van der Waals surface area (Å²) in [6.45, 7) is 0. The van der Waals surface area contributed by atoms with E-state index in [0.29, 0.717) is 11.1 Å². The van der Waals surface area contributed by atoms with Crippen LogP contribution in [0.4, 0.5) is 0 Å². The Bertz CT molecular complexity index is 710. The standard InChI is InChI=1S/C14H8Cl2O4/c15-11-6-8(13(17)18)2-3-9(11)7-1-4-10(14(19)20)12(16)5-7/h1-6H,(H,17,18)(H,19,20). The highest BCUT2D eigenvalue weighted by atomic mass is 35.5. The van der Waals surface area contributed by atoms with E-state index in [9.17, 15) is 9.59 Å². The Morgan fingerprint density at radius 2 is 1.55 bits per heavy atom. The summed E-state index contributed by atoms with van der Waals surface area (Å²) in [4.78, 5) is 21.7. The van der Waals surface area contributed by atoms with E-state index in [1.807, 2.05) is 0 Å². The first kappa shape index (κ1) is 14.4. The molecule has 6 heteroatoms. The van der Waals surface area contributed by atoms with Gasteiger partial charge in [-0.15, -0.1) is 0 Å². The van der Waals surface area contributed by atoms with E-state index in [1.165, 1.54) is 24.3 Å². The van der Waals surface area contributed by atoms with Gasteiger partial charge in [-0.2, -0.15) is 0 Å². The van der Waals surface area contributed by atoms with Crippen molar-refractivity contribution in [2.24, 2.45) is 0 Å². The highest BCUT2D eigenvalue weighted by Crippen LogP contribution is 2.31. The number of carboxylic acid groups (broad SMARTS) is 2. The maximum atomic E-state index is 10.9. The number of rotatable bonds is 3. The van der Waals surface area contributed by atoms with Crippen LogP contribution in [0.2, 0.25) is 10.0 Å². The number of carbonyl (C=O) groups is 2. The lowest BCUT2D eigenvalue weighted by Gasteiger charge is -2.07. The summed E-state index contributed by atoms with van der Waals surface area (Å²) in [5.41, 5.74) is 1.26. The van der Waals surface area contributed by atoms with Crippen molar-refractivity contribution in [2.75, 3.05) is 0 Å². The second-order valence-electron chi connectivity index (χ2n) is 4.00. The van der Waals surface area contributed by atoms with E-state index in [-0.39, 0.29) is 21.2 Å². The second-order valence-corrected chi connectivity index (χ2v) is 4.81. The minimum atomic E-state index is -1.12. The van der Waals surface area contributed by atoms with Crippen LogP contribution in [0.5, 0.6) is 0 Å². The van der Waals surface area contributed by atoms with Crippen LogP contribution < -0.4 is 0 Å². The van der Waals surface area contributed by atoms with Crippen LogP contribution in [-0.2, 0) is 0 Å². The fourth-order valence-electron chi connectivity index (χ4n) is 1.74. The maximum Gasteiger partial charge on any atom is 0.337 e. The zero-order valence-electron chi connectivity index (χ0n) is 9.93. The topological polar surface area (TPSA) is 74.6 Å². The molecule has 0 fully saturated rings. The Morgan fingerprint density at radius 1 is 0.850 bits per heavy atom. The van der Waals surface area contributed by atoms with Crippen LogP contribution in [0.1, 0.15) is 20.7 Å². The third-order valence-electron chi connectivity index (χ3n) is 2.73. The zero-order valence-corrected chi connectivity index (χ0v) is 11.4. The number of aromatic carboxylic acids is 2. The average molecular weight is 311 g/mol. The van der Waals surface area contributed by atoms with Crippen molar-refractivity contribution in [1.82, 2.24) is 0 Å². The van der Waals surface area contributed by atoms with Gasteiger partial charge in [0, 0.05) is 10.6 Å². The predicted molar refractivity (Wildman–Crippen MR) is 75.8 cm³/mol. The van der Waals surface area contributed by atoms with Crippen LogP contribution in [0.15, 0.2) is 36.4 Å². The summed E-state index contributed by atoms with van der Waals surface area (Å²) >= 11 is 11.9. The smallest absolute Gasteiger partial charge is 0.337 e. The van der Waals surface area contributed by atoms with Gasteiger partial charge in [0.1, 0.15) is 0 Å². The Balaban J connectivity index is 2.49. The normalized spacial score (nSPS) is 10.3. The molecule has 0 radical (unpaired) electrons. The Hall–Kier alpha value is -2.04. The van der Waals surface area contributed by atoms with E-state index in [4.69, 9.17) is 33.4 Å². The highest BCUT2D eigenvalue weighted by Gasteiger charge is 2.12. The van der Waals surface area contributed by atoms with Gasteiger partial charge >= 0.3 is 11.9 Å². The van der Waals surface area contributed by atoms with E-state index >= 15 is 0 Å². The van der Waals surface area contributed by atoms with Crippen LogP contribution in [0, 0.1) is 0 Å². The summed E-state index contributed by atoms with van der Waals surface area (Å²) in [7, 11) is 0. The van der Waals surface area contributed by atoms with Crippen molar-refractivity contribution in [3.63, 3.8) is 0 Å². The number of benzene rings is 2. The molecule has 0 amide bonds. The van der Waals surface area contributed by atoms with Crippen LogP contribution in [0.3, 0.4) is 0 Å². The molecule has 2 rings (SSSR count). The molecule has 0 heterocycles. The average Bonchev–Trinajstić information content (AvgIpc) is 2.37. The number of carboxylic acids is 2. The van der Waals surface area contributed by atoms with Crippen molar-refractivity contribution in [1.29, 1.82) is 0 Å². The van der Waals surface area contributed by atoms with Gasteiger partial charge in [0.2, 0.25) is 0 Å². The molecule has 0 saturated heterocycles. The predicted octanol–water partition coefficient (Wildman–Crippen LogP) is 4.06. The van der Waals surface area contributed by atoms with E-state index in [0.717, 1.165) is 0 Å². The van der Waals surface area contributed by atoms with Crippen molar-refractivity contribution < 1.29 is 19.8 Å². The van der Waals surface area contributed by atoms with Crippen molar-refractivity contribution >= 4 is 35.1 Å². The Morgan fingerprint density at radius 3 is 2.05 bits per heavy atom. The lowest BCUT2D eigenvalue weighted by molar-refractivity contribution is 0.0686. The molecule has 4 nitrogen and oxygen atoms in total. The number of hydrogen-bond donors (Lipinski definition) is 2. The van der Waals surface area contributed by atoms with Crippen molar-refractivity contribution in [2.45, 2.75) is 0 Å². The first-order chi connectivity index (χ1) is 9.40. The van der Waals surface area contributed by atoms with Gasteiger partial charge in [-0.1, -0.05) is 35.3 Å². The molecule has 0 aliphatic heterocycles. The Labute approximate surface area is 124 Å². The third-order valence-corrected chi connectivity index (χ3v) is 3.35.